The number of amides is 1. The molecule has 1 aliphatic heterocycles. The van der Waals surface area contributed by atoms with E-state index < -0.39 is 5.60 Å². The lowest BCUT2D eigenvalue weighted by Crippen LogP contribution is -2.41. The van der Waals surface area contributed by atoms with E-state index in [-0.39, 0.29) is 11.5 Å². The number of hydrogen-bond donors (Lipinski definition) is 0. The van der Waals surface area contributed by atoms with Crippen molar-refractivity contribution in [3.05, 3.63) is 41.5 Å². The van der Waals surface area contributed by atoms with E-state index >= 15 is 0 Å². The quantitative estimate of drug-likeness (QED) is 0.695. The first-order chi connectivity index (χ1) is 11.5. The lowest BCUT2D eigenvalue weighted by Gasteiger charge is -2.32. The van der Waals surface area contributed by atoms with Crippen molar-refractivity contribution in [2.45, 2.75) is 65.4 Å². The van der Waals surface area contributed by atoms with E-state index in [1.165, 1.54) is 11.1 Å². The highest BCUT2D eigenvalue weighted by atomic mass is 16.6. The zero-order valence-corrected chi connectivity index (χ0v) is 16.6. The van der Waals surface area contributed by atoms with Crippen molar-refractivity contribution in [2.24, 2.45) is 5.92 Å². The molecule has 0 bridgehead atoms. The summed E-state index contributed by atoms with van der Waals surface area (Å²) in [6.45, 7) is 14.0. The van der Waals surface area contributed by atoms with Crippen LogP contribution in [0.1, 0.15) is 65.5 Å². The monoisotopic (exact) mass is 343 g/mol. The van der Waals surface area contributed by atoms with Gasteiger partial charge in [-0.25, -0.2) is 4.79 Å². The molecule has 1 heterocycles. The van der Waals surface area contributed by atoms with Gasteiger partial charge < -0.3 is 9.64 Å². The molecule has 0 N–H and O–H groups in total. The topological polar surface area (TPSA) is 29.5 Å². The Hall–Kier alpha value is -1.77. The number of likely N-dealkylation sites (tertiary alicyclic amines) is 1. The van der Waals surface area contributed by atoms with Crippen molar-refractivity contribution in [3.8, 4) is 0 Å². The van der Waals surface area contributed by atoms with Crippen LogP contribution in [0, 0.1) is 5.92 Å². The lowest BCUT2D eigenvalue weighted by molar-refractivity contribution is 0.0197. The number of allylic oxidation sites excluding steroid dienone is 1. The summed E-state index contributed by atoms with van der Waals surface area (Å²) in [6.07, 6.45) is 6.30. The fourth-order valence-corrected chi connectivity index (χ4v) is 2.94. The Morgan fingerprint density at radius 3 is 2.08 bits per heavy atom. The van der Waals surface area contributed by atoms with Gasteiger partial charge in [-0.05, 0) is 56.1 Å². The molecule has 25 heavy (non-hydrogen) atoms. The van der Waals surface area contributed by atoms with Crippen molar-refractivity contribution in [1.82, 2.24) is 4.90 Å². The summed E-state index contributed by atoms with van der Waals surface area (Å²) in [5, 5.41) is 0. The molecule has 1 aliphatic rings. The predicted molar refractivity (Wildman–Crippen MR) is 105 cm³/mol. The van der Waals surface area contributed by atoms with Crippen LogP contribution in [-0.2, 0) is 10.2 Å². The van der Waals surface area contributed by atoms with Gasteiger partial charge in [0.25, 0.3) is 0 Å². The summed E-state index contributed by atoms with van der Waals surface area (Å²) in [7, 11) is 0. The molecule has 0 radical (unpaired) electrons. The second-order valence-electron chi connectivity index (χ2n) is 9.04. The number of nitrogens with zero attached hydrogens (tertiary/aromatic N) is 1. The molecule has 1 saturated heterocycles. The molecule has 0 unspecified atom stereocenters. The van der Waals surface area contributed by atoms with E-state index in [9.17, 15) is 4.79 Å². The molecular weight excluding hydrogens is 310 g/mol. The van der Waals surface area contributed by atoms with Gasteiger partial charge in [-0.1, -0.05) is 57.2 Å². The van der Waals surface area contributed by atoms with Gasteiger partial charge in [-0.15, -0.1) is 0 Å². The van der Waals surface area contributed by atoms with E-state index in [0.29, 0.717) is 5.92 Å². The van der Waals surface area contributed by atoms with E-state index in [1.807, 2.05) is 25.7 Å². The molecule has 2 rings (SSSR count). The van der Waals surface area contributed by atoms with E-state index in [2.05, 4.69) is 57.2 Å². The third kappa shape index (κ3) is 6.22. The second kappa shape index (κ2) is 7.63. The highest BCUT2D eigenvalue weighted by Gasteiger charge is 2.25. The third-order valence-electron chi connectivity index (χ3n) is 4.53. The van der Waals surface area contributed by atoms with Crippen LogP contribution in [0.2, 0.25) is 0 Å². The first-order valence-corrected chi connectivity index (χ1v) is 9.31. The number of rotatable bonds is 2. The Kier molecular flexibility index (Phi) is 5.97. The third-order valence-corrected chi connectivity index (χ3v) is 4.53. The first kappa shape index (κ1) is 19.6. The summed E-state index contributed by atoms with van der Waals surface area (Å²) in [5.74, 6) is 0.529. The summed E-state index contributed by atoms with van der Waals surface area (Å²) in [6, 6.07) is 8.80. The zero-order chi connectivity index (χ0) is 18.7. The average Bonchev–Trinajstić information content (AvgIpc) is 2.51. The van der Waals surface area contributed by atoms with Gasteiger partial charge in [-0.3, -0.25) is 0 Å². The van der Waals surface area contributed by atoms with Gasteiger partial charge in [0.2, 0.25) is 0 Å². The van der Waals surface area contributed by atoms with Crippen molar-refractivity contribution in [3.63, 3.8) is 0 Å². The number of carbonyl (C=O) groups is 1. The van der Waals surface area contributed by atoms with Crippen LogP contribution in [0.15, 0.2) is 30.3 Å². The first-order valence-electron chi connectivity index (χ1n) is 9.31. The number of piperidine rings is 1. The summed E-state index contributed by atoms with van der Waals surface area (Å²) in [5.41, 5.74) is 2.36. The zero-order valence-electron chi connectivity index (χ0n) is 16.6. The Balaban J connectivity index is 1.85. The highest BCUT2D eigenvalue weighted by molar-refractivity contribution is 5.68. The molecule has 0 atom stereocenters. The summed E-state index contributed by atoms with van der Waals surface area (Å²) < 4.78 is 5.45. The lowest BCUT2D eigenvalue weighted by atomic mass is 9.86. The summed E-state index contributed by atoms with van der Waals surface area (Å²) >= 11 is 0. The smallest absolute Gasteiger partial charge is 0.410 e. The van der Waals surface area contributed by atoms with Crippen LogP contribution in [-0.4, -0.2) is 29.7 Å². The minimum Gasteiger partial charge on any atom is -0.444 e. The fraction of sp³-hybridized carbons (Fsp3) is 0.591. The van der Waals surface area contributed by atoms with Crippen LogP contribution in [0.25, 0.3) is 6.08 Å². The Bertz CT molecular complexity index is 594. The maximum Gasteiger partial charge on any atom is 0.410 e. The van der Waals surface area contributed by atoms with Gasteiger partial charge in [0.15, 0.2) is 0 Å². The molecule has 1 aromatic rings. The Morgan fingerprint density at radius 1 is 1.04 bits per heavy atom. The van der Waals surface area contributed by atoms with E-state index in [1.54, 1.807) is 0 Å². The minimum atomic E-state index is -0.424. The second-order valence-corrected chi connectivity index (χ2v) is 9.04. The number of benzene rings is 1. The molecule has 1 fully saturated rings. The molecule has 138 valence electrons. The van der Waals surface area contributed by atoms with Gasteiger partial charge in [-0.2, -0.15) is 0 Å². The van der Waals surface area contributed by atoms with Crippen LogP contribution in [0.5, 0.6) is 0 Å². The van der Waals surface area contributed by atoms with Gasteiger partial charge in [0, 0.05) is 13.1 Å². The molecule has 3 nitrogen and oxygen atoms in total. The highest BCUT2D eigenvalue weighted by Crippen LogP contribution is 2.24. The van der Waals surface area contributed by atoms with Gasteiger partial charge >= 0.3 is 6.09 Å². The van der Waals surface area contributed by atoms with Crippen molar-refractivity contribution < 1.29 is 9.53 Å². The number of carbonyl (C=O) groups excluding carboxylic acids is 1. The largest absolute Gasteiger partial charge is 0.444 e. The standard InChI is InChI=1S/C22H33NO2/c1-21(2,3)19-11-9-17(10-12-19)7-8-18-13-15-23(16-14-18)20(24)25-22(4,5)6/h7-12,18H,13-16H2,1-6H3. The van der Waals surface area contributed by atoms with Crippen LogP contribution >= 0.6 is 0 Å². The number of hydrogen-bond acceptors (Lipinski definition) is 2. The number of ether oxygens (including phenoxy) is 1. The molecule has 0 aromatic heterocycles. The molecule has 0 saturated carbocycles. The van der Waals surface area contributed by atoms with Crippen molar-refractivity contribution in [1.29, 1.82) is 0 Å². The van der Waals surface area contributed by atoms with E-state index in [4.69, 9.17) is 4.74 Å². The Labute approximate surface area is 153 Å². The average molecular weight is 344 g/mol. The molecule has 1 aromatic carbocycles. The van der Waals surface area contributed by atoms with Crippen LogP contribution in [0.4, 0.5) is 4.79 Å². The van der Waals surface area contributed by atoms with Gasteiger partial charge in [0.05, 0.1) is 0 Å². The van der Waals surface area contributed by atoms with Crippen LogP contribution < -0.4 is 0 Å². The normalized spacial score (nSPS) is 17.1. The minimum absolute atomic E-state index is 0.187. The van der Waals surface area contributed by atoms with Crippen LogP contribution in [0.3, 0.4) is 0 Å². The van der Waals surface area contributed by atoms with E-state index in [0.717, 1.165) is 25.9 Å². The molecule has 3 heteroatoms. The molecule has 0 aliphatic carbocycles. The van der Waals surface area contributed by atoms with Gasteiger partial charge in [0.1, 0.15) is 5.60 Å². The maximum atomic E-state index is 12.1. The Morgan fingerprint density at radius 2 is 1.60 bits per heavy atom. The fourth-order valence-electron chi connectivity index (χ4n) is 2.94. The van der Waals surface area contributed by atoms with Crippen molar-refractivity contribution >= 4 is 12.2 Å². The summed E-state index contributed by atoms with van der Waals surface area (Å²) in [4.78, 5) is 13.9. The predicted octanol–water partition coefficient (Wildman–Crippen LogP) is 5.64. The van der Waals surface area contributed by atoms with Crippen molar-refractivity contribution in [2.75, 3.05) is 13.1 Å². The molecule has 1 amide bonds. The maximum absolute atomic E-state index is 12.1. The SMILES string of the molecule is CC(C)(C)OC(=O)N1CCC(C=Cc2ccc(C(C)(C)C)cc2)CC1. The molecule has 0 spiro atoms. The molecular formula is C22H33NO2.